The van der Waals surface area contributed by atoms with Crippen LogP contribution in [0.2, 0.25) is 0 Å². The molecule has 30 heavy (non-hydrogen) atoms. The van der Waals surface area contributed by atoms with Crippen LogP contribution < -0.4 is 16.0 Å². The monoisotopic (exact) mass is 408 g/mol. The van der Waals surface area contributed by atoms with Gasteiger partial charge in [0.25, 0.3) is 5.56 Å². The zero-order valence-corrected chi connectivity index (χ0v) is 17.5. The molecule has 1 fully saturated rings. The van der Waals surface area contributed by atoms with Gasteiger partial charge in [0.15, 0.2) is 0 Å². The number of carbonyl (C=O) groups excluding carboxylic acids is 1. The van der Waals surface area contributed by atoms with Crippen LogP contribution >= 0.6 is 0 Å². The van der Waals surface area contributed by atoms with Crippen LogP contribution in [-0.4, -0.2) is 46.7 Å². The first-order chi connectivity index (χ1) is 14.5. The highest BCUT2D eigenvalue weighted by molar-refractivity contribution is 5.97. The minimum Gasteiger partial charge on any atom is -0.496 e. The van der Waals surface area contributed by atoms with Crippen LogP contribution in [0.4, 0.5) is 0 Å². The van der Waals surface area contributed by atoms with Gasteiger partial charge in [-0.1, -0.05) is 6.07 Å². The Morgan fingerprint density at radius 1 is 1.17 bits per heavy atom. The predicted octanol–water partition coefficient (Wildman–Crippen LogP) is 2.33. The lowest BCUT2D eigenvalue weighted by Gasteiger charge is -2.33. The molecule has 1 amide bonds. The molecule has 0 atom stereocenters. The van der Waals surface area contributed by atoms with Crippen molar-refractivity contribution in [2.45, 2.75) is 25.3 Å². The number of fused-ring (bicyclic) bond motifs is 1. The molecule has 1 aromatic carbocycles. The lowest BCUT2D eigenvalue weighted by atomic mass is 10.0. The second kappa shape index (κ2) is 8.36. The number of piperidine rings is 1. The average Bonchev–Trinajstić information content (AvgIpc) is 3.18. The summed E-state index contributed by atoms with van der Waals surface area (Å²) in [7, 11) is 3.37. The van der Waals surface area contributed by atoms with E-state index in [0.29, 0.717) is 23.8 Å². The molecule has 1 aliphatic rings. The Balaban J connectivity index is 1.42. The molecule has 7 nitrogen and oxygen atoms in total. The van der Waals surface area contributed by atoms with Crippen LogP contribution in [0.1, 0.15) is 34.8 Å². The summed E-state index contributed by atoms with van der Waals surface area (Å²) in [5, 5.41) is 1.12. The molecule has 7 heteroatoms. The van der Waals surface area contributed by atoms with E-state index < -0.39 is 5.91 Å². The van der Waals surface area contributed by atoms with Crippen molar-refractivity contribution < 1.29 is 9.53 Å². The Kier molecular flexibility index (Phi) is 5.63. The van der Waals surface area contributed by atoms with Gasteiger partial charge in [-0.15, -0.1) is 0 Å². The summed E-state index contributed by atoms with van der Waals surface area (Å²) in [6, 6.07) is 9.95. The van der Waals surface area contributed by atoms with Crippen LogP contribution in [0, 0.1) is 0 Å². The van der Waals surface area contributed by atoms with E-state index in [0.717, 1.165) is 48.9 Å². The van der Waals surface area contributed by atoms with Crippen LogP contribution in [0.15, 0.2) is 47.5 Å². The normalized spacial score (nSPS) is 15.5. The highest BCUT2D eigenvalue weighted by Gasteiger charge is 2.22. The molecule has 3 heterocycles. The molecule has 0 aliphatic carbocycles. The topological polar surface area (TPSA) is 82.5 Å². The van der Waals surface area contributed by atoms with Gasteiger partial charge < -0.3 is 24.5 Å². The van der Waals surface area contributed by atoms with E-state index in [2.05, 4.69) is 21.7 Å². The van der Waals surface area contributed by atoms with Gasteiger partial charge in [-0.2, -0.15) is 0 Å². The van der Waals surface area contributed by atoms with Crippen LogP contribution in [-0.2, 0) is 13.5 Å². The second-order valence-electron chi connectivity index (χ2n) is 7.96. The molecule has 158 valence electrons. The van der Waals surface area contributed by atoms with E-state index in [4.69, 9.17) is 10.5 Å². The highest BCUT2D eigenvalue weighted by Crippen LogP contribution is 2.28. The maximum Gasteiger partial charge on any atom is 0.257 e. The second-order valence-corrected chi connectivity index (χ2v) is 7.96. The molecular formula is C23H28N4O3. The number of rotatable bonds is 6. The Morgan fingerprint density at radius 3 is 2.63 bits per heavy atom. The van der Waals surface area contributed by atoms with Crippen LogP contribution in [0.5, 0.6) is 5.75 Å². The fourth-order valence-electron chi connectivity index (χ4n) is 4.40. The van der Waals surface area contributed by atoms with Crippen molar-refractivity contribution in [1.29, 1.82) is 0 Å². The van der Waals surface area contributed by atoms with Crippen LogP contribution in [0.3, 0.4) is 0 Å². The minimum atomic E-state index is -0.401. The quantitative estimate of drug-likeness (QED) is 0.679. The largest absolute Gasteiger partial charge is 0.496 e. The molecule has 4 rings (SSSR count). The Labute approximate surface area is 175 Å². The number of hydrogen-bond donors (Lipinski definition) is 1. The average molecular weight is 409 g/mol. The number of methoxy groups -OCH3 is 1. The van der Waals surface area contributed by atoms with Gasteiger partial charge in [-0.05, 0) is 48.9 Å². The smallest absolute Gasteiger partial charge is 0.257 e. The van der Waals surface area contributed by atoms with Crippen molar-refractivity contribution in [2.24, 2.45) is 12.8 Å². The van der Waals surface area contributed by atoms with Crippen molar-refractivity contribution >= 4 is 16.8 Å². The van der Waals surface area contributed by atoms with E-state index in [1.54, 1.807) is 31.0 Å². The summed E-state index contributed by atoms with van der Waals surface area (Å²) in [6.45, 7) is 2.77. The number of ether oxygens (including phenoxy) is 1. The van der Waals surface area contributed by atoms with Gasteiger partial charge in [-0.25, -0.2) is 0 Å². The summed E-state index contributed by atoms with van der Waals surface area (Å²) >= 11 is 0. The number of nitrogens with zero attached hydrogens (tertiary/aromatic N) is 3. The summed E-state index contributed by atoms with van der Waals surface area (Å²) in [6.07, 6.45) is 6.56. The molecule has 1 saturated heterocycles. The maximum absolute atomic E-state index is 12.5. The first kappa shape index (κ1) is 20.2. The Morgan fingerprint density at radius 2 is 1.93 bits per heavy atom. The minimum absolute atomic E-state index is 0.00769. The number of aryl methyl sites for hydroxylation is 1. The maximum atomic E-state index is 12.5. The molecule has 0 spiro atoms. The van der Waals surface area contributed by atoms with Crippen molar-refractivity contribution in [1.82, 2.24) is 14.0 Å². The summed E-state index contributed by atoms with van der Waals surface area (Å²) in [5.74, 6) is 0.263. The van der Waals surface area contributed by atoms with Gasteiger partial charge >= 0.3 is 0 Å². The fourth-order valence-corrected chi connectivity index (χ4v) is 4.40. The number of primary amides is 1. The lowest BCUT2D eigenvalue weighted by molar-refractivity contribution is 0.100. The third-order valence-electron chi connectivity index (χ3n) is 6.18. The zero-order chi connectivity index (χ0) is 21.3. The van der Waals surface area contributed by atoms with Crippen molar-refractivity contribution in [3.63, 3.8) is 0 Å². The van der Waals surface area contributed by atoms with E-state index in [-0.39, 0.29) is 5.56 Å². The van der Waals surface area contributed by atoms with Gasteiger partial charge in [0, 0.05) is 56.2 Å². The molecule has 2 N–H and O–H groups in total. The number of likely N-dealkylation sites (tertiary alicyclic amines) is 1. The first-order valence-corrected chi connectivity index (χ1v) is 10.3. The Bertz CT molecular complexity index is 1120. The third kappa shape index (κ3) is 3.85. The van der Waals surface area contributed by atoms with Gasteiger partial charge in [0.2, 0.25) is 5.91 Å². The van der Waals surface area contributed by atoms with Crippen molar-refractivity contribution in [3.8, 4) is 5.75 Å². The van der Waals surface area contributed by atoms with E-state index >= 15 is 0 Å². The van der Waals surface area contributed by atoms with Gasteiger partial charge in [0.05, 0.1) is 12.7 Å². The molecule has 0 saturated carbocycles. The lowest BCUT2D eigenvalue weighted by Crippen LogP contribution is -2.36. The number of hydrogen-bond acceptors (Lipinski definition) is 4. The highest BCUT2D eigenvalue weighted by atomic mass is 16.5. The van der Waals surface area contributed by atoms with E-state index in [1.807, 2.05) is 18.2 Å². The number of amides is 1. The molecule has 1 aliphatic heterocycles. The van der Waals surface area contributed by atoms with Crippen molar-refractivity contribution in [3.05, 3.63) is 64.2 Å². The molecule has 0 radical (unpaired) electrons. The Hall–Kier alpha value is -3.06. The van der Waals surface area contributed by atoms with E-state index in [1.165, 1.54) is 0 Å². The molecule has 0 unspecified atom stereocenters. The first-order valence-electron chi connectivity index (χ1n) is 10.3. The summed E-state index contributed by atoms with van der Waals surface area (Å²) < 4.78 is 9.26. The number of pyridine rings is 1. The van der Waals surface area contributed by atoms with Crippen LogP contribution in [0.25, 0.3) is 10.9 Å². The zero-order valence-electron chi connectivity index (χ0n) is 17.5. The molecule has 3 aromatic rings. The third-order valence-corrected chi connectivity index (χ3v) is 6.18. The SMILES string of the molecule is COc1ccn(C)c(=O)c1CCN1CCC(n2ccc3ccc(C(N)=O)cc32)CC1. The number of nitrogens with two attached hydrogens (primary N) is 1. The molecule has 2 aromatic heterocycles. The number of carbonyl (C=O) groups is 1. The van der Waals surface area contributed by atoms with Gasteiger partial charge in [-0.3, -0.25) is 9.59 Å². The summed E-state index contributed by atoms with van der Waals surface area (Å²) in [4.78, 5) is 26.4. The number of benzene rings is 1. The summed E-state index contributed by atoms with van der Waals surface area (Å²) in [5.41, 5.74) is 7.80. The predicted molar refractivity (Wildman–Crippen MR) is 117 cm³/mol. The van der Waals surface area contributed by atoms with E-state index in [9.17, 15) is 9.59 Å². The fraction of sp³-hybridized carbons (Fsp3) is 0.391. The van der Waals surface area contributed by atoms with Crippen molar-refractivity contribution in [2.75, 3.05) is 26.7 Å². The molecular weight excluding hydrogens is 380 g/mol. The standard InChI is InChI=1S/C23H28N4O3/c1-25-10-9-21(30-2)19(23(25)29)8-13-26-11-6-18(7-12-26)27-14-5-16-3-4-17(22(24)28)15-20(16)27/h3-5,9-10,14-15,18H,6-8,11-13H2,1-2H3,(H2,24,28). The molecule has 0 bridgehead atoms. The van der Waals surface area contributed by atoms with Gasteiger partial charge in [0.1, 0.15) is 5.75 Å². The number of aromatic nitrogens is 2.